The van der Waals surface area contributed by atoms with Crippen LogP contribution in [0.5, 0.6) is 0 Å². The largest absolute Gasteiger partial charge is 0.378 e. The van der Waals surface area contributed by atoms with Gasteiger partial charge >= 0.3 is 0 Å². The van der Waals surface area contributed by atoms with Crippen LogP contribution < -0.4 is 5.32 Å². The number of hydrogen-bond acceptors (Lipinski definition) is 4. The third kappa shape index (κ3) is 3.98. The van der Waals surface area contributed by atoms with E-state index in [1.165, 1.54) is 0 Å². The van der Waals surface area contributed by atoms with E-state index in [4.69, 9.17) is 4.74 Å². The van der Waals surface area contributed by atoms with E-state index in [0.717, 1.165) is 48.2 Å². The average Bonchev–Trinajstić information content (AvgIpc) is 3.15. The summed E-state index contributed by atoms with van der Waals surface area (Å²) in [5.41, 5.74) is 3.79. The lowest BCUT2D eigenvalue weighted by atomic mass is 10.1. The van der Waals surface area contributed by atoms with Gasteiger partial charge in [0.05, 0.1) is 36.2 Å². The molecule has 2 atom stereocenters. The van der Waals surface area contributed by atoms with E-state index in [2.05, 4.69) is 40.7 Å². The van der Waals surface area contributed by atoms with Gasteiger partial charge in [-0.2, -0.15) is 0 Å². The number of likely N-dealkylation sites (N-methyl/N-ethyl adjacent to an activating group) is 1. The second-order valence-electron chi connectivity index (χ2n) is 8.06. The van der Waals surface area contributed by atoms with Crippen molar-refractivity contribution in [1.82, 2.24) is 19.8 Å². The van der Waals surface area contributed by atoms with Crippen LogP contribution in [0.15, 0.2) is 48.9 Å². The second kappa shape index (κ2) is 8.98. The molecule has 30 heavy (non-hydrogen) atoms. The summed E-state index contributed by atoms with van der Waals surface area (Å²) in [5.74, 6) is -0.0436. The first-order valence-corrected chi connectivity index (χ1v) is 10.7. The van der Waals surface area contributed by atoms with Gasteiger partial charge < -0.3 is 14.6 Å². The normalized spacial score (nSPS) is 19.8. The Bertz CT molecular complexity index is 1030. The molecule has 1 amide bonds. The fourth-order valence-electron chi connectivity index (χ4n) is 4.28. The number of ether oxygens (including phenoxy) is 1. The lowest BCUT2D eigenvalue weighted by Gasteiger charge is -2.39. The number of rotatable bonds is 6. The number of pyridine rings is 1. The Kier molecular flexibility index (Phi) is 6.16. The smallest absolute Gasteiger partial charge is 0.253 e. The van der Waals surface area contributed by atoms with Gasteiger partial charge in [0.25, 0.3) is 5.91 Å². The zero-order valence-electron chi connectivity index (χ0n) is 18.0. The number of aryl methyl sites for hydroxylation is 1. The summed E-state index contributed by atoms with van der Waals surface area (Å²) in [6.07, 6.45) is 7.50. The van der Waals surface area contributed by atoms with E-state index in [-0.39, 0.29) is 5.91 Å². The summed E-state index contributed by atoms with van der Waals surface area (Å²) in [6.45, 7) is 6.39. The second-order valence-corrected chi connectivity index (χ2v) is 8.06. The van der Waals surface area contributed by atoms with Crippen LogP contribution in [0.2, 0.25) is 0 Å². The maximum absolute atomic E-state index is 13.0. The number of morpholine rings is 1. The van der Waals surface area contributed by atoms with Gasteiger partial charge in [0.1, 0.15) is 0 Å². The summed E-state index contributed by atoms with van der Waals surface area (Å²) >= 11 is 0. The minimum atomic E-state index is -0.0436. The molecule has 1 aliphatic rings. The number of hydrogen-bond donors (Lipinski definition) is 1. The van der Waals surface area contributed by atoms with Crippen molar-refractivity contribution in [2.75, 3.05) is 26.8 Å². The third-order valence-electron chi connectivity index (χ3n) is 6.23. The molecule has 0 saturated carbocycles. The molecule has 2 aromatic heterocycles. The topological polar surface area (TPSA) is 59.4 Å². The van der Waals surface area contributed by atoms with Crippen LogP contribution in [0.3, 0.4) is 0 Å². The Labute approximate surface area is 177 Å². The molecule has 1 saturated heterocycles. The minimum Gasteiger partial charge on any atom is -0.378 e. The molecule has 1 N–H and O–H groups in total. The highest BCUT2D eigenvalue weighted by Crippen LogP contribution is 2.26. The van der Waals surface area contributed by atoms with E-state index in [0.29, 0.717) is 24.2 Å². The quantitative estimate of drug-likeness (QED) is 0.680. The van der Waals surface area contributed by atoms with Gasteiger partial charge in [-0.15, -0.1) is 0 Å². The molecular formula is C24H30N4O2. The fraction of sp³-hybridized carbons (Fsp3) is 0.417. The molecule has 3 heterocycles. The van der Waals surface area contributed by atoms with Gasteiger partial charge in [0.2, 0.25) is 0 Å². The molecule has 4 rings (SSSR count). The molecule has 3 aromatic rings. The zero-order valence-corrected chi connectivity index (χ0v) is 18.0. The molecule has 1 aliphatic heterocycles. The predicted molar refractivity (Wildman–Crippen MR) is 119 cm³/mol. The number of nitrogens with zero attached hydrogens (tertiary/aromatic N) is 3. The SMILES string of the molecule is CC[C@H]1COC[C@H](CCNC(=O)c2cn(-c3cnccc3C)c3ccccc23)N1C. The summed E-state index contributed by atoms with van der Waals surface area (Å²) in [5, 5.41) is 4.07. The van der Waals surface area contributed by atoms with Crippen molar-refractivity contribution in [1.29, 1.82) is 0 Å². The molecular weight excluding hydrogens is 376 g/mol. The van der Waals surface area contributed by atoms with Crippen LogP contribution in [-0.4, -0.2) is 59.2 Å². The number of benzene rings is 1. The number of aromatic nitrogens is 2. The van der Waals surface area contributed by atoms with Crippen LogP contribution in [0.4, 0.5) is 0 Å². The zero-order chi connectivity index (χ0) is 21.1. The Morgan fingerprint density at radius 1 is 1.23 bits per heavy atom. The Hall–Kier alpha value is -2.70. The lowest BCUT2D eigenvalue weighted by molar-refractivity contribution is -0.0389. The summed E-state index contributed by atoms with van der Waals surface area (Å²) in [7, 11) is 2.16. The van der Waals surface area contributed by atoms with Crippen molar-refractivity contribution in [2.45, 2.75) is 38.8 Å². The van der Waals surface area contributed by atoms with Gasteiger partial charge in [0.15, 0.2) is 0 Å². The first-order valence-electron chi connectivity index (χ1n) is 10.7. The van der Waals surface area contributed by atoms with Gasteiger partial charge in [-0.05, 0) is 44.5 Å². The monoisotopic (exact) mass is 406 g/mol. The molecule has 6 nitrogen and oxygen atoms in total. The van der Waals surface area contributed by atoms with Crippen LogP contribution in [0.25, 0.3) is 16.6 Å². The Morgan fingerprint density at radius 2 is 2.03 bits per heavy atom. The minimum absolute atomic E-state index is 0.0436. The molecule has 1 fully saturated rings. The molecule has 0 radical (unpaired) electrons. The van der Waals surface area contributed by atoms with E-state index in [1.807, 2.05) is 42.7 Å². The molecule has 158 valence electrons. The number of fused-ring (bicyclic) bond motifs is 1. The van der Waals surface area contributed by atoms with Crippen LogP contribution in [0, 0.1) is 6.92 Å². The Balaban J connectivity index is 1.51. The number of carbonyl (C=O) groups is 1. The highest BCUT2D eigenvalue weighted by Gasteiger charge is 2.27. The molecule has 1 aromatic carbocycles. The maximum Gasteiger partial charge on any atom is 0.253 e. The molecule has 0 unspecified atom stereocenters. The van der Waals surface area contributed by atoms with Gasteiger partial charge in [0, 0.05) is 36.4 Å². The van der Waals surface area contributed by atoms with Crippen LogP contribution in [0.1, 0.15) is 35.7 Å². The van der Waals surface area contributed by atoms with Crippen molar-refractivity contribution in [2.24, 2.45) is 0 Å². The summed E-state index contributed by atoms with van der Waals surface area (Å²) in [6, 6.07) is 10.8. The lowest BCUT2D eigenvalue weighted by Crippen LogP contribution is -2.50. The predicted octanol–water partition coefficient (Wildman–Crippen LogP) is 3.56. The molecule has 0 bridgehead atoms. The van der Waals surface area contributed by atoms with Crippen molar-refractivity contribution in [3.05, 3.63) is 60.0 Å². The van der Waals surface area contributed by atoms with E-state index >= 15 is 0 Å². The van der Waals surface area contributed by atoms with E-state index < -0.39 is 0 Å². The van der Waals surface area contributed by atoms with E-state index in [1.54, 1.807) is 6.20 Å². The number of nitrogens with one attached hydrogen (secondary N) is 1. The Morgan fingerprint density at radius 3 is 2.83 bits per heavy atom. The first kappa shape index (κ1) is 20.6. The summed E-state index contributed by atoms with van der Waals surface area (Å²) < 4.78 is 7.81. The fourth-order valence-corrected chi connectivity index (χ4v) is 4.28. The van der Waals surface area contributed by atoms with Gasteiger partial charge in [-0.25, -0.2) is 0 Å². The van der Waals surface area contributed by atoms with Crippen molar-refractivity contribution >= 4 is 16.8 Å². The maximum atomic E-state index is 13.0. The average molecular weight is 407 g/mol. The first-order chi connectivity index (χ1) is 14.6. The number of amides is 1. The molecule has 0 spiro atoms. The highest BCUT2D eigenvalue weighted by atomic mass is 16.5. The van der Waals surface area contributed by atoms with Crippen molar-refractivity contribution in [3.8, 4) is 5.69 Å². The van der Waals surface area contributed by atoms with Crippen molar-refractivity contribution < 1.29 is 9.53 Å². The third-order valence-corrected chi connectivity index (χ3v) is 6.23. The van der Waals surface area contributed by atoms with Crippen LogP contribution >= 0.6 is 0 Å². The van der Waals surface area contributed by atoms with Crippen LogP contribution in [-0.2, 0) is 4.74 Å². The number of carbonyl (C=O) groups excluding carboxylic acids is 1. The van der Waals surface area contributed by atoms with E-state index in [9.17, 15) is 4.79 Å². The van der Waals surface area contributed by atoms with Gasteiger partial charge in [-0.3, -0.25) is 14.7 Å². The van der Waals surface area contributed by atoms with Gasteiger partial charge in [-0.1, -0.05) is 25.1 Å². The number of para-hydroxylation sites is 1. The highest BCUT2D eigenvalue weighted by molar-refractivity contribution is 6.07. The molecule has 0 aliphatic carbocycles. The molecule has 6 heteroatoms. The summed E-state index contributed by atoms with van der Waals surface area (Å²) in [4.78, 5) is 19.7. The van der Waals surface area contributed by atoms with Crippen molar-refractivity contribution in [3.63, 3.8) is 0 Å². The standard InChI is InChI=1S/C24H30N4O2/c1-4-18-15-30-16-19(27(18)3)10-12-26-24(29)21-14-28(22-8-6-5-7-20(21)22)23-13-25-11-9-17(23)2/h5-9,11,13-14,18-19H,4,10,12,15-16H2,1-3H3,(H,26,29)/t18-,19-/m0/s1.